The van der Waals surface area contributed by atoms with Crippen molar-refractivity contribution in [3.8, 4) is 11.1 Å². The molecule has 1 heterocycles. The van der Waals surface area contributed by atoms with Crippen LogP contribution in [-0.4, -0.2) is 8.07 Å². The van der Waals surface area contributed by atoms with E-state index in [-0.39, 0.29) is 0 Å². The van der Waals surface area contributed by atoms with Crippen LogP contribution in [-0.2, 0) is 0 Å². The van der Waals surface area contributed by atoms with Gasteiger partial charge in [0.2, 0.25) is 0 Å². The van der Waals surface area contributed by atoms with Gasteiger partial charge in [0.15, 0.2) is 19.4 Å². The predicted octanol–water partition coefficient (Wildman–Crippen LogP) is 7.62. The lowest BCUT2D eigenvalue weighted by Gasteiger charge is -2.45. The number of para-hydroxylation sites is 2. The second-order valence-corrected chi connectivity index (χ2v) is 14.1. The summed E-state index contributed by atoms with van der Waals surface area (Å²) >= 11 is 0. The van der Waals surface area contributed by atoms with Gasteiger partial charge in [-0.05, 0) is 56.1 Å². The SMILES string of the molecule is [C-]#[N+]c1cc([N+]#[C-])cc(-c2ccc(N3c4ccccc4[Si](c4ccccc4)(c4ccccc4)c4ccccc43)cc2)c1. The molecule has 4 heteroatoms. The monoisotopic (exact) mass is 551 g/mol. The molecule has 0 saturated carbocycles. The Morgan fingerprint density at radius 2 is 0.905 bits per heavy atom. The zero-order chi connectivity index (χ0) is 28.5. The van der Waals surface area contributed by atoms with Crippen molar-refractivity contribution in [1.29, 1.82) is 0 Å². The Kier molecular flexibility index (Phi) is 6.25. The van der Waals surface area contributed by atoms with Gasteiger partial charge >= 0.3 is 0 Å². The molecule has 3 nitrogen and oxygen atoms in total. The van der Waals surface area contributed by atoms with Crippen LogP contribution in [0.2, 0.25) is 0 Å². The third kappa shape index (κ3) is 3.94. The van der Waals surface area contributed by atoms with Gasteiger partial charge in [0, 0.05) is 17.1 Å². The molecule has 0 aromatic heterocycles. The van der Waals surface area contributed by atoms with Crippen molar-refractivity contribution >= 4 is 57.3 Å². The topological polar surface area (TPSA) is 12.0 Å². The summed E-state index contributed by atoms with van der Waals surface area (Å²) < 4.78 is 0. The van der Waals surface area contributed by atoms with E-state index in [1.54, 1.807) is 6.07 Å². The Morgan fingerprint density at radius 3 is 1.38 bits per heavy atom. The van der Waals surface area contributed by atoms with E-state index in [4.69, 9.17) is 13.1 Å². The highest BCUT2D eigenvalue weighted by atomic mass is 28.3. The Balaban J connectivity index is 1.45. The van der Waals surface area contributed by atoms with Crippen LogP contribution in [0.4, 0.5) is 28.4 Å². The fourth-order valence-corrected chi connectivity index (χ4v) is 11.5. The van der Waals surface area contributed by atoms with Crippen LogP contribution in [0.15, 0.2) is 152 Å². The van der Waals surface area contributed by atoms with Crippen LogP contribution in [0.5, 0.6) is 0 Å². The van der Waals surface area contributed by atoms with Crippen LogP contribution in [0, 0.1) is 13.1 Å². The standard InChI is InChI=1S/C38H25N3Si/c1-39-30-25-29(26-31(27-30)40-2)28-21-23-32(24-22-28)41-35-17-9-11-19-37(35)42(33-13-5-3-6-14-33,34-15-7-4-8-16-34)38-20-12-10-18-36(38)41/h3-27H. The molecule has 0 bridgehead atoms. The van der Waals surface area contributed by atoms with Crippen molar-refractivity contribution in [3.05, 3.63) is 174 Å². The fourth-order valence-electron chi connectivity index (χ4n) is 6.38. The second kappa shape index (κ2) is 10.4. The Morgan fingerprint density at radius 1 is 0.452 bits per heavy atom. The van der Waals surface area contributed by atoms with Crippen LogP contribution < -0.4 is 25.6 Å². The fraction of sp³-hybridized carbons (Fsp3) is 0. The zero-order valence-electron chi connectivity index (χ0n) is 22.8. The largest absolute Gasteiger partial charge is 0.311 e. The van der Waals surface area contributed by atoms with Crippen LogP contribution in [0.25, 0.3) is 20.8 Å². The summed E-state index contributed by atoms with van der Waals surface area (Å²) in [6.07, 6.45) is 0. The number of rotatable bonds is 4. The second-order valence-electron chi connectivity index (χ2n) is 10.4. The summed E-state index contributed by atoms with van der Waals surface area (Å²) in [5.74, 6) is 0. The van der Waals surface area contributed by atoms with Gasteiger partial charge in [-0.15, -0.1) is 0 Å². The number of anilines is 3. The summed E-state index contributed by atoms with van der Waals surface area (Å²) in [7, 11) is -2.63. The number of hydrogen-bond acceptors (Lipinski definition) is 1. The van der Waals surface area contributed by atoms with Crippen molar-refractivity contribution in [1.82, 2.24) is 0 Å². The Labute approximate surface area is 247 Å². The molecule has 0 radical (unpaired) electrons. The van der Waals surface area contributed by atoms with E-state index in [9.17, 15) is 0 Å². The molecule has 42 heavy (non-hydrogen) atoms. The van der Waals surface area contributed by atoms with E-state index in [0.717, 1.165) is 16.8 Å². The summed E-state index contributed by atoms with van der Waals surface area (Å²) in [5.41, 5.74) is 6.25. The maximum Gasteiger partial charge on any atom is 0.184 e. The smallest absolute Gasteiger partial charge is 0.184 e. The van der Waals surface area contributed by atoms with Crippen molar-refractivity contribution in [2.75, 3.05) is 4.90 Å². The third-order valence-electron chi connectivity index (χ3n) is 8.13. The highest BCUT2D eigenvalue weighted by Crippen LogP contribution is 2.39. The molecule has 196 valence electrons. The average Bonchev–Trinajstić information content (AvgIpc) is 3.08. The molecule has 0 spiro atoms. The van der Waals surface area contributed by atoms with Crippen LogP contribution in [0.3, 0.4) is 0 Å². The molecule has 6 aromatic rings. The zero-order valence-corrected chi connectivity index (χ0v) is 23.8. The Bertz CT molecular complexity index is 1880. The van der Waals surface area contributed by atoms with Crippen molar-refractivity contribution in [3.63, 3.8) is 0 Å². The molecule has 0 unspecified atom stereocenters. The minimum atomic E-state index is -2.63. The van der Waals surface area contributed by atoms with E-state index < -0.39 is 8.07 Å². The van der Waals surface area contributed by atoms with Gasteiger partial charge in [0.25, 0.3) is 0 Å². The van der Waals surface area contributed by atoms with E-state index in [1.807, 2.05) is 12.1 Å². The lowest BCUT2D eigenvalue weighted by molar-refractivity contribution is 1.29. The minimum absolute atomic E-state index is 0.476. The van der Waals surface area contributed by atoms with E-state index in [1.165, 1.54) is 32.1 Å². The summed E-state index contributed by atoms with van der Waals surface area (Å²) in [4.78, 5) is 9.53. The first-order chi connectivity index (χ1) is 20.7. The maximum atomic E-state index is 7.46. The predicted molar refractivity (Wildman–Crippen MR) is 176 cm³/mol. The lowest BCUT2D eigenvalue weighted by Crippen LogP contribution is -2.77. The van der Waals surface area contributed by atoms with Gasteiger partial charge < -0.3 is 4.90 Å². The van der Waals surface area contributed by atoms with Gasteiger partial charge in [-0.1, -0.05) is 127 Å². The molecule has 1 aliphatic rings. The van der Waals surface area contributed by atoms with E-state index in [2.05, 4.69) is 148 Å². The Hall–Kier alpha value is -5.68. The molecular weight excluding hydrogens is 527 g/mol. The molecular formula is C38H25N3Si. The third-order valence-corrected chi connectivity index (χ3v) is 13.0. The van der Waals surface area contributed by atoms with Crippen molar-refractivity contribution in [2.24, 2.45) is 0 Å². The van der Waals surface area contributed by atoms with Crippen molar-refractivity contribution in [2.45, 2.75) is 0 Å². The van der Waals surface area contributed by atoms with Crippen LogP contribution >= 0.6 is 0 Å². The number of fused-ring (bicyclic) bond motifs is 2. The number of hydrogen-bond donors (Lipinski definition) is 0. The molecule has 0 fully saturated rings. The normalized spacial score (nSPS) is 12.9. The molecule has 0 N–H and O–H groups in total. The van der Waals surface area contributed by atoms with Gasteiger partial charge in [0.05, 0.1) is 13.1 Å². The highest BCUT2D eigenvalue weighted by molar-refractivity contribution is 7.21. The quantitative estimate of drug-likeness (QED) is 0.162. The lowest BCUT2D eigenvalue weighted by atomic mass is 10.0. The van der Waals surface area contributed by atoms with E-state index >= 15 is 0 Å². The highest BCUT2D eigenvalue weighted by Gasteiger charge is 2.48. The van der Waals surface area contributed by atoms with Gasteiger partial charge in [-0.2, -0.15) is 0 Å². The van der Waals surface area contributed by atoms with Crippen LogP contribution in [0.1, 0.15) is 0 Å². The van der Waals surface area contributed by atoms with Gasteiger partial charge in [-0.25, -0.2) is 9.69 Å². The maximum absolute atomic E-state index is 7.46. The molecule has 0 saturated heterocycles. The first-order valence-electron chi connectivity index (χ1n) is 13.8. The van der Waals surface area contributed by atoms with Gasteiger partial charge in [0.1, 0.15) is 0 Å². The van der Waals surface area contributed by atoms with Crippen molar-refractivity contribution < 1.29 is 0 Å². The van der Waals surface area contributed by atoms with Gasteiger partial charge in [-0.3, -0.25) is 0 Å². The first-order valence-corrected chi connectivity index (χ1v) is 15.8. The molecule has 0 atom stereocenters. The first kappa shape index (κ1) is 25.3. The summed E-state index contributed by atoms with van der Waals surface area (Å²) in [6, 6.07) is 53.5. The number of nitrogens with zero attached hydrogens (tertiary/aromatic N) is 3. The summed E-state index contributed by atoms with van der Waals surface area (Å²) in [6.45, 7) is 14.9. The number of benzene rings is 6. The molecule has 0 aliphatic carbocycles. The average molecular weight is 552 g/mol. The molecule has 1 aliphatic heterocycles. The van der Waals surface area contributed by atoms with E-state index in [0.29, 0.717) is 11.4 Å². The molecule has 7 rings (SSSR count). The molecule has 0 amide bonds. The minimum Gasteiger partial charge on any atom is -0.311 e. The molecule has 6 aromatic carbocycles. The summed E-state index contributed by atoms with van der Waals surface area (Å²) in [5, 5.41) is 5.44.